The third-order valence-corrected chi connectivity index (χ3v) is 8.45. The molecule has 0 N–H and O–H groups in total. The Morgan fingerprint density at radius 3 is 2.57 bits per heavy atom. The largest absolute Gasteiger partial charge is 0.300 e. The molecule has 6 atom stereocenters. The second-order valence-electron chi connectivity index (χ2n) is 9.25. The molecule has 0 heterocycles. The maximum atomic E-state index is 12.1. The number of ketones is 2. The summed E-state index contributed by atoms with van der Waals surface area (Å²) in [5.41, 5.74) is 1.95. The van der Waals surface area contributed by atoms with Crippen molar-refractivity contribution in [2.45, 2.75) is 72.1 Å². The van der Waals surface area contributed by atoms with Crippen LogP contribution in [0.4, 0.5) is 0 Å². The van der Waals surface area contributed by atoms with Crippen LogP contribution in [0.3, 0.4) is 0 Å². The van der Waals surface area contributed by atoms with Gasteiger partial charge in [-0.3, -0.25) is 9.59 Å². The molecule has 0 aromatic carbocycles. The minimum absolute atomic E-state index is 0.245. The molecule has 4 aliphatic carbocycles. The lowest BCUT2D eigenvalue weighted by Crippen LogP contribution is -2.51. The van der Waals surface area contributed by atoms with Crippen molar-refractivity contribution in [1.82, 2.24) is 0 Å². The van der Waals surface area contributed by atoms with E-state index < -0.39 is 0 Å². The minimum Gasteiger partial charge on any atom is -0.300 e. The van der Waals surface area contributed by atoms with Crippen molar-refractivity contribution in [2.75, 3.05) is 0 Å². The molecule has 0 aromatic heterocycles. The van der Waals surface area contributed by atoms with Crippen LogP contribution in [0, 0.1) is 34.5 Å². The molecular formula is C21H30O2. The first kappa shape index (κ1) is 15.6. The monoisotopic (exact) mass is 314 g/mol. The molecule has 3 fully saturated rings. The molecule has 3 saturated carbocycles. The van der Waals surface area contributed by atoms with E-state index >= 15 is 0 Å². The highest BCUT2D eigenvalue weighted by Crippen LogP contribution is 2.66. The van der Waals surface area contributed by atoms with Crippen LogP contribution < -0.4 is 0 Å². The SMILES string of the molecule is CC(=O)[C@H]1CC[C@H]2[C@@H]3CCC4=CC(=O)CC[C@]4(C)[C@H]3CCC12C. The average Bonchev–Trinajstić information content (AvgIpc) is 2.85. The quantitative estimate of drug-likeness (QED) is 0.701. The van der Waals surface area contributed by atoms with Gasteiger partial charge in [0.15, 0.2) is 5.78 Å². The number of Topliss-reactive ketones (excluding diaryl/α,β-unsaturated/α-hetero) is 1. The standard InChI is InChI=1S/C21H30O2/c1-13(22)17-6-7-18-16-5-4-14-12-15(23)8-10-20(14,2)19(16)9-11-21(17,18)3/h12,16-19H,4-11H2,1-3H3/t16-,17+,18-,19-,20-,21?/m0/s1. The Labute approximate surface area is 140 Å². The van der Waals surface area contributed by atoms with Crippen molar-refractivity contribution in [3.8, 4) is 0 Å². The summed E-state index contributed by atoms with van der Waals surface area (Å²) < 4.78 is 0. The van der Waals surface area contributed by atoms with Crippen molar-refractivity contribution in [1.29, 1.82) is 0 Å². The highest BCUT2D eigenvalue weighted by atomic mass is 16.1. The van der Waals surface area contributed by atoms with E-state index in [0.29, 0.717) is 17.5 Å². The van der Waals surface area contributed by atoms with Crippen LogP contribution in [-0.2, 0) is 9.59 Å². The lowest BCUT2D eigenvalue weighted by molar-refractivity contribution is -0.128. The number of hydrogen-bond donors (Lipinski definition) is 0. The van der Waals surface area contributed by atoms with E-state index in [0.717, 1.165) is 43.4 Å². The molecule has 4 aliphatic rings. The van der Waals surface area contributed by atoms with Crippen molar-refractivity contribution < 1.29 is 9.59 Å². The van der Waals surface area contributed by atoms with Gasteiger partial charge in [-0.1, -0.05) is 19.4 Å². The van der Waals surface area contributed by atoms with Gasteiger partial charge < -0.3 is 0 Å². The minimum atomic E-state index is 0.245. The van der Waals surface area contributed by atoms with E-state index in [9.17, 15) is 9.59 Å². The Hall–Kier alpha value is -0.920. The number of carbonyl (C=O) groups is 2. The molecule has 0 aliphatic heterocycles. The fourth-order valence-electron chi connectivity index (χ4n) is 7.23. The molecule has 0 saturated heterocycles. The molecule has 0 spiro atoms. The normalized spacial score (nSPS) is 49.0. The Morgan fingerprint density at radius 2 is 1.83 bits per heavy atom. The zero-order valence-corrected chi connectivity index (χ0v) is 14.9. The van der Waals surface area contributed by atoms with Crippen molar-refractivity contribution in [3.63, 3.8) is 0 Å². The van der Waals surface area contributed by atoms with Gasteiger partial charge in [0, 0.05) is 12.3 Å². The zero-order valence-electron chi connectivity index (χ0n) is 14.9. The van der Waals surface area contributed by atoms with Crippen molar-refractivity contribution in [3.05, 3.63) is 11.6 Å². The van der Waals surface area contributed by atoms with Gasteiger partial charge in [0.1, 0.15) is 5.78 Å². The highest BCUT2D eigenvalue weighted by Gasteiger charge is 2.59. The summed E-state index contributed by atoms with van der Waals surface area (Å²) in [6.45, 7) is 6.65. The smallest absolute Gasteiger partial charge is 0.155 e. The molecule has 23 heavy (non-hydrogen) atoms. The predicted molar refractivity (Wildman–Crippen MR) is 90.9 cm³/mol. The van der Waals surface area contributed by atoms with E-state index in [1.165, 1.54) is 31.3 Å². The molecule has 126 valence electrons. The van der Waals surface area contributed by atoms with Gasteiger partial charge in [0.05, 0.1) is 0 Å². The molecule has 0 bridgehead atoms. The average molecular weight is 314 g/mol. The summed E-state index contributed by atoms with van der Waals surface area (Å²) >= 11 is 0. The summed E-state index contributed by atoms with van der Waals surface area (Å²) in [5.74, 6) is 3.29. The first-order valence-corrected chi connectivity index (χ1v) is 9.60. The zero-order chi connectivity index (χ0) is 16.4. The second-order valence-corrected chi connectivity index (χ2v) is 9.25. The van der Waals surface area contributed by atoms with Gasteiger partial charge in [0.2, 0.25) is 0 Å². The van der Waals surface area contributed by atoms with Gasteiger partial charge >= 0.3 is 0 Å². The van der Waals surface area contributed by atoms with Crippen LogP contribution in [-0.4, -0.2) is 11.6 Å². The topological polar surface area (TPSA) is 34.1 Å². The number of carbonyl (C=O) groups excluding carboxylic acids is 2. The maximum absolute atomic E-state index is 12.1. The summed E-state index contributed by atoms with van der Waals surface area (Å²) in [5, 5.41) is 0. The summed E-state index contributed by atoms with van der Waals surface area (Å²) in [6.07, 6.45) is 10.9. The number of rotatable bonds is 1. The van der Waals surface area contributed by atoms with Crippen LogP contribution in [0.5, 0.6) is 0 Å². The molecule has 0 amide bonds. The van der Waals surface area contributed by atoms with E-state index in [4.69, 9.17) is 0 Å². The molecule has 0 radical (unpaired) electrons. The summed E-state index contributed by atoms with van der Waals surface area (Å²) in [7, 11) is 0. The van der Waals surface area contributed by atoms with Gasteiger partial charge in [-0.2, -0.15) is 0 Å². The van der Waals surface area contributed by atoms with Crippen LogP contribution in [0.2, 0.25) is 0 Å². The molecule has 4 rings (SSSR count). The molecule has 0 aromatic rings. The number of hydrogen-bond acceptors (Lipinski definition) is 2. The van der Waals surface area contributed by atoms with E-state index in [1.807, 2.05) is 6.08 Å². The number of fused-ring (bicyclic) bond motifs is 5. The Morgan fingerprint density at radius 1 is 1.04 bits per heavy atom. The van der Waals surface area contributed by atoms with Crippen LogP contribution >= 0.6 is 0 Å². The lowest BCUT2D eigenvalue weighted by atomic mass is 9.47. The second kappa shape index (κ2) is 5.04. The molecule has 2 nitrogen and oxygen atoms in total. The molecule has 2 heteroatoms. The first-order chi connectivity index (χ1) is 10.9. The van der Waals surface area contributed by atoms with Crippen LogP contribution in [0.15, 0.2) is 11.6 Å². The predicted octanol–water partition coefficient (Wildman–Crippen LogP) is 4.72. The van der Waals surface area contributed by atoms with Crippen molar-refractivity contribution >= 4 is 11.6 Å². The third-order valence-electron chi connectivity index (χ3n) is 8.45. The van der Waals surface area contributed by atoms with Crippen LogP contribution in [0.25, 0.3) is 0 Å². The van der Waals surface area contributed by atoms with Crippen LogP contribution in [0.1, 0.15) is 72.1 Å². The van der Waals surface area contributed by atoms with Gasteiger partial charge in [-0.15, -0.1) is 0 Å². The maximum Gasteiger partial charge on any atom is 0.155 e. The van der Waals surface area contributed by atoms with Gasteiger partial charge in [-0.05, 0) is 86.5 Å². The van der Waals surface area contributed by atoms with E-state index in [-0.39, 0.29) is 10.8 Å². The van der Waals surface area contributed by atoms with E-state index in [2.05, 4.69) is 13.8 Å². The Kier molecular flexibility index (Phi) is 3.42. The lowest BCUT2D eigenvalue weighted by Gasteiger charge is -2.58. The molecule has 1 unspecified atom stereocenters. The van der Waals surface area contributed by atoms with Gasteiger partial charge in [0.25, 0.3) is 0 Å². The Balaban J connectivity index is 1.67. The van der Waals surface area contributed by atoms with E-state index in [1.54, 1.807) is 6.92 Å². The highest BCUT2D eigenvalue weighted by molar-refractivity contribution is 5.91. The fraction of sp³-hybridized carbons (Fsp3) is 0.810. The molecular weight excluding hydrogens is 284 g/mol. The number of allylic oxidation sites excluding steroid dienone is 1. The summed E-state index contributed by atoms with van der Waals surface area (Å²) in [6, 6.07) is 0. The summed E-state index contributed by atoms with van der Waals surface area (Å²) in [4.78, 5) is 24.0. The van der Waals surface area contributed by atoms with Crippen molar-refractivity contribution in [2.24, 2.45) is 34.5 Å². The fourth-order valence-corrected chi connectivity index (χ4v) is 7.23. The first-order valence-electron chi connectivity index (χ1n) is 9.60. The Bertz CT molecular complexity index is 589. The third kappa shape index (κ3) is 2.06. The van der Waals surface area contributed by atoms with Gasteiger partial charge in [-0.25, -0.2) is 0 Å².